The lowest BCUT2D eigenvalue weighted by Gasteiger charge is -2.35. The molecule has 25 heavy (non-hydrogen) atoms. The van der Waals surface area contributed by atoms with Gasteiger partial charge in [0.15, 0.2) is 0 Å². The zero-order valence-corrected chi connectivity index (χ0v) is 14.9. The zero-order chi connectivity index (χ0) is 17.5. The Hall–Kier alpha value is -1.72. The molecule has 5 nitrogen and oxygen atoms in total. The number of alkyl halides is 1. The SMILES string of the molecule is Cc1nccc(NCC2(NC(=O)C34CCC(F)(CC3)C4)CCCC2)n1. The van der Waals surface area contributed by atoms with Gasteiger partial charge in [-0.25, -0.2) is 14.4 Å². The van der Waals surface area contributed by atoms with E-state index >= 15 is 0 Å². The van der Waals surface area contributed by atoms with Gasteiger partial charge < -0.3 is 10.6 Å². The number of fused-ring (bicyclic) bond motifs is 2. The van der Waals surface area contributed by atoms with Crippen LogP contribution in [0.5, 0.6) is 0 Å². The van der Waals surface area contributed by atoms with Crippen molar-refractivity contribution in [1.82, 2.24) is 15.3 Å². The van der Waals surface area contributed by atoms with Gasteiger partial charge in [0.1, 0.15) is 17.3 Å². The molecule has 0 radical (unpaired) electrons. The van der Waals surface area contributed by atoms with Gasteiger partial charge in [-0.15, -0.1) is 0 Å². The van der Waals surface area contributed by atoms with E-state index in [1.807, 2.05) is 13.0 Å². The molecule has 0 saturated heterocycles. The summed E-state index contributed by atoms with van der Waals surface area (Å²) in [5.74, 6) is 1.59. The molecule has 6 heteroatoms. The monoisotopic (exact) mass is 346 g/mol. The molecule has 0 aliphatic heterocycles. The Balaban J connectivity index is 1.45. The number of nitrogens with one attached hydrogen (secondary N) is 2. The van der Waals surface area contributed by atoms with E-state index in [1.165, 1.54) is 0 Å². The van der Waals surface area contributed by atoms with Crippen LogP contribution in [-0.4, -0.2) is 33.6 Å². The summed E-state index contributed by atoms with van der Waals surface area (Å²) in [4.78, 5) is 21.6. The average Bonchev–Trinajstić information content (AvgIpc) is 3.27. The van der Waals surface area contributed by atoms with Gasteiger partial charge in [-0.05, 0) is 57.9 Å². The first-order chi connectivity index (χ1) is 11.9. The van der Waals surface area contributed by atoms with Crippen molar-refractivity contribution >= 4 is 11.7 Å². The van der Waals surface area contributed by atoms with Gasteiger partial charge in [0.25, 0.3) is 0 Å². The highest BCUT2D eigenvalue weighted by molar-refractivity contribution is 5.84. The van der Waals surface area contributed by atoms with E-state index in [4.69, 9.17) is 0 Å². The number of aryl methyl sites for hydroxylation is 1. The Morgan fingerprint density at radius 1 is 1.20 bits per heavy atom. The predicted octanol–water partition coefficient (Wildman–Crippen LogP) is 3.30. The molecule has 136 valence electrons. The summed E-state index contributed by atoms with van der Waals surface area (Å²) in [6.45, 7) is 2.52. The molecule has 2 bridgehead atoms. The van der Waals surface area contributed by atoms with Crippen molar-refractivity contribution in [2.45, 2.75) is 75.9 Å². The third-order valence-electron chi connectivity index (χ3n) is 6.56. The zero-order valence-electron chi connectivity index (χ0n) is 14.9. The molecule has 2 N–H and O–H groups in total. The Bertz CT molecular complexity index is 663. The van der Waals surface area contributed by atoms with Gasteiger partial charge in [-0.1, -0.05) is 12.8 Å². The van der Waals surface area contributed by atoms with Crippen molar-refractivity contribution in [3.8, 4) is 0 Å². The van der Waals surface area contributed by atoms with Crippen LogP contribution in [0.4, 0.5) is 10.2 Å². The maximum atomic E-state index is 14.5. The van der Waals surface area contributed by atoms with Gasteiger partial charge in [-0.2, -0.15) is 0 Å². The van der Waals surface area contributed by atoms with Crippen molar-refractivity contribution in [2.24, 2.45) is 5.41 Å². The fourth-order valence-corrected chi connectivity index (χ4v) is 5.03. The Labute approximate surface area is 148 Å². The molecule has 1 heterocycles. The molecular weight excluding hydrogens is 319 g/mol. The van der Waals surface area contributed by atoms with Crippen LogP contribution in [0, 0.1) is 12.3 Å². The summed E-state index contributed by atoms with van der Waals surface area (Å²) in [5, 5.41) is 6.72. The van der Waals surface area contributed by atoms with E-state index in [-0.39, 0.29) is 11.4 Å². The van der Waals surface area contributed by atoms with Gasteiger partial charge in [0.05, 0.1) is 11.0 Å². The summed E-state index contributed by atoms with van der Waals surface area (Å²) in [7, 11) is 0. The first kappa shape index (κ1) is 16.7. The van der Waals surface area contributed by atoms with Crippen LogP contribution in [0.3, 0.4) is 0 Å². The van der Waals surface area contributed by atoms with Crippen molar-refractivity contribution in [3.05, 3.63) is 18.1 Å². The number of nitrogens with zero attached hydrogens (tertiary/aromatic N) is 2. The molecule has 1 amide bonds. The van der Waals surface area contributed by atoms with Crippen molar-refractivity contribution in [3.63, 3.8) is 0 Å². The lowest BCUT2D eigenvalue weighted by Crippen LogP contribution is -2.55. The van der Waals surface area contributed by atoms with E-state index in [0.29, 0.717) is 38.6 Å². The number of rotatable bonds is 5. The molecule has 0 atom stereocenters. The predicted molar refractivity (Wildman–Crippen MR) is 94.0 cm³/mol. The second-order valence-electron chi connectivity index (χ2n) is 8.39. The molecule has 3 saturated carbocycles. The van der Waals surface area contributed by atoms with Gasteiger partial charge >= 0.3 is 0 Å². The number of amides is 1. The van der Waals surface area contributed by atoms with Crippen LogP contribution in [0.1, 0.15) is 63.6 Å². The van der Waals surface area contributed by atoms with E-state index < -0.39 is 11.1 Å². The number of carbonyl (C=O) groups is 1. The second kappa shape index (κ2) is 5.92. The summed E-state index contributed by atoms with van der Waals surface area (Å²) in [5.41, 5.74) is -1.79. The van der Waals surface area contributed by atoms with Crippen LogP contribution in [0.2, 0.25) is 0 Å². The van der Waals surface area contributed by atoms with E-state index in [0.717, 1.165) is 37.3 Å². The van der Waals surface area contributed by atoms with E-state index in [9.17, 15) is 9.18 Å². The minimum absolute atomic E-state index is 0.0760. The minimum Gasteiger partial charge on any atom is -0.368 e. The summed E-state index contributed by atoms with van der Waals surface area (Å²) >= 11 is 0. The highest BCUT2D eigenvalue weighted by atomic mass is 19.1. The van der Waals surface area contributed by atoms with E-state index in [2.05, 4.69) is 20.6 Å². The maximum absolute atomic E-state index is 14.5. The average molecular weight is 346 g/mol. The Morgan fingerprint density at radius 3 is 2.52 bits per heavy atom. The molecule has 3 aliphatic carbocycles. The van der Waals surface area contributed by atoms with Gasteiger partial charge in [0, 0.05) is 12.7 Å². The quantitative estimate of drug-likeness (QED) is 0.858. The highest BCUT2D eigenvalue weighted by Crippen LogP contribution is 2.58. The Kier molecular flexibility index (Phi) is 3.96. The molecule has 3 fully saturated rings. The molecule has 0 aromatic carbocycles. The number of aromatic nitrogens is 2. The molecule has 4 rings (SSSR count). The molecule has 3 aliphatic rings. The molecule has 1 aromatic rings. The molecule has 0 unspecified atom stereocenters. The molecular formula is C19H27FN4O. The van der Waals surface area contributed by atoms with Crippen LogP contribution < -0.4 is 10.6 Å². The van der Waals surface area contributed by atoms with Crippen molar-refractivity contribution in [1.29, 1.82) is 0 Å². The highest BCUT2D eigenvalue weighted by Gasteiger charge is 2.59. The largest absolute Gasteiger partial charge is 0.368 e. The number of anilines is 1. The first-order valence-electron chi connectivity index (χ1n) is 9.48. The number of hydrogen-bond donors (Lipinski definition) is 2. The van der Waals surface area contributed by atoms with Crippen molar-refractivity contribution < 1.29 is 9.18 Å². The third-order valence-corrected chi connectivity index (χ3v) is 6.56. The smallest absolute Gasteiger partial charge is 0.226 e. The Morgan fingerprint density at radius 2 is 1.92 bits per heavy atom. The number of carbonyl (C=O) groups excluding carboxylic acids is 1. The fraction of sp³-hybridized carbons (Fsp3) is 0.737. The van der Waals surface area contributed by atoms with E-state index in [1.54, 1.807) is 6.20 Å². The summed E-state index contributed by atoms with van der Waals surface area (Å²) in [6, 6.07) is 1.85. The van der Waals surface area contributed by atoms with Crippen LogP contribution in [0.25, 0.3) is 0 Å². The van der Waals surface area contributed by atoms with Crippen molar-refractivity contribution in [2.75, 3.05) is 11.9 Å². The second-order valence-corrected chi connectivity index (χ2v) is 8.39. The minimum atomic E-state index is -1.09. The van der Waals surface area contributed by atoms with Gasteiger partial charge in [-0.3, -0.25) is 4.79 Å². The summed E-state index contributed by atoms with van der Waals surface area (Å²) < 4.78 is 14.5. The number of halogens is 1. The normalized spacial score (nSPS) is 32.7. The molecule has 1 aromatic heterocycles. The van der Waals surface area contributed by atoms with Gasteiger partial charge in [0.2, 0.25) is 5.91 Å². The third kappa shape index (κ3) is 3.11. The molecule has 0 spiro atoms. The topological polar surface area (TPSA) is 66.9 Å². The fourth-order valence-electron chi connectivity index (χ4n) is 5.03. The standard InChI is InChI=1S/C19H27FN4O/c1-14-21-11-4-15(23-14)22-13-19(5-2-3-6-19)24-16(25)17-7-9-18(20,12-17)10-8-17/h4,11H,2-3,5-10,12-13H2,1H3,(H,24,25)(H,21,22,23). The summed E-state index contributed by atoms with van der Waals surface area (Å²) in [6.07, 6.45) is 8.81. The maximum Gasteiger partial charge on any atom is 0.226 e. The first-order valence-corrected chi connectivity index (χ1v) is 9.48. The lowest BCUT2D eigenvalue weighted by atomic mass is 9.82. The van der Waals surface area contributed by atoms with Crippen LogP contribution in [0.15, 0.2) is 12.3 Å². The van der Waals surface area contributed by atoms with Crippen LogP contribution in [-0.2, 0) is 4.79 Å². The number of hydrogen-bond acceptors (Lipinski definition) is 4. The lowest BCUT2D eigenvalue weighted by molar-refractivity contribution is -0.132. The van der Waals surface area contributed by atoms with Crippen LogP contribution >= 0.6 is 0 Å².